The van der Waals surface area contributed by atoms with E-state index in [0.29, 0.717) is 17.1 Å². The minimum Gasteiger partial charge on any atom is -0.492 e. The van der Waals surface area contributed by atoms with Crippen LogP contribution < -0.4 is 10.1 Å². The molecule has 0 saturated carbocycles. The van der Waals surface area contributed by atoms with E-state index in [9.17, 15) is 13.2 Å². The van der Waals surface area contributed by atoms with Crippen molar-refractivity contribution in [2.75, 3.05) is 26.0 Å². The molecule has 0 saturated heterocycles. The lowest BCUT2D eigenvalue weighted by Crippen LogP contribution is -2.32. The first-order valence-corrected chi connectivity index (χ1v) is 9.84. The van der Waals surface area contributed by atoms with Crippen LogP contribution in [0.25, 0.3) is 0 Å². The van der Waals surface area contributed by atoms with Crippen LogP contribution in [0, 0.1) is 5.92 Å². The van der Waals surface area contributed by atoms with Gasteiger partial charge in [-0.3, -0.25) is 4.79 Å². The maximum atomic E-state index is 12.5. The summed E-state index contributed by atoms with van der Waals surface area (Å²) in [7, 11) is -0.551. The molecule has 138 valence electrons. The summed E-state index contributed by atoms with van der Waals surface area (Å²) in [6.07, 6.45) is 0.537. The molecule has 0 aromatic heterocycles. The Hall–Kier alpha value is -2.09. The highest BCUT2D eigenvalue weighted by atomic mass is 35.5. The standard InChI is InChI=1S/C18H19ClN2O4S/c1-21(2)26(23,24)16-6-4-15(5-7-16)20-18(22)13-9-12-10-14(19)3-8-17(12)25-11-13/h3-8,10,13H,9,11H2,1-2H3,(H,20,22)/t13-/m1/s1. The highest BCUT2D eigenvalue weighted by Gasteiger charge is 2.26. The lowest BCUT2D eigenvalue weighted by Gasteiger charge is -2.24. The number of benzene rings is 2. The third-order valence-electron chi connectivity index (χ3n) is 4.20. The number of anilines is 1. The summed E-state index contributed by atoms with van der Waals surface area (Å²) in [6, 6.07) is 11.4. The van der Waals surface area contributed by atoms with Gasteiger partial charge in [-0.1, -0.05) is 11.6 Å². The number of rotatable bonds is 4. The van der Waals surface area contributed by atoms with E-state index in [4.69, 9.17) is 16.3 Å². The maximum absolute atomic E-state index is 12.5. The van der Waals surface area contributed by atoms with E-state index < -0.39 is 10.0 Å². The summed E-state index contributed by atoms with van der Waals surface area (Å²) < 4.78 is 30.9. The number of carbonyl (C=O) groups is 1. The number of hydrogen-bond acceptors (Lipinski definition) is 4. The summed E-state index contributed by atoms with van der Waals surface area (Å²) in [4.78, 5) is 12.7. The Morgan fingerprint density at radius 2 is 1.88 bits per heavy atom. The number of nitrogens with zero attached hydrogens (tertiary/aromatic N) is 1. The Labute approximate surface area is 157 Å². The quantitative estimate of drug-likeness (QED) is 0.865. The SMILES string of the molecule is CN(C)S(=O)(=O)c1ccc(NC(=O)[C@H]2COc3ccc(Cl)cc3C2)cc1. The van der Waals surface area contributed by atoms with Crippen molar-refractivity contribution >= 4 is 33.2 Å². The van der Waals surface area contributed by atoms with Gasteiger partial charge in [0.2, 0.25) is 15.9 Å². The molecule has 0 unspecified atom stereocenters. The monoisotopic (exact) mass is 394 g/mol. The smallest absolute Gasteiger partial charge is 0.242 e. The van der Waals surface area contributed by atoms with Crippen LogP contribution in [-0.2, 0) is 21.2 Å². The van der Waals surface area contributed by atoms with Crippen LogP contribution in [0.1, 0.15) is 5.56 Å². The van der Waals surface area contributed by atoms with Crippen molar-refractivity contribution in [2.45, 2.75) is 11.3 Å². The molecule has 0 radical (unpaired) electrons. The molecule has 6 nitrogen and oxygen atoms in total. The van der Waals surface area contributed by atoms with Crippen molar-refractivity contribution in [2.24, 2.45) is 5.92 Å². The summed E-state index contributed by atoms with van der Waals surface area (Å²) >= 11 is 6.00. The van der Waals surface area contributed by atoms with E-state index >= 15 is 0 Å². The van der Waals surface area contributed by atoms with E-state index in [1.54, 1.807) is 30.3 Å². The fourth-order valence-corrected chi connectivity index (χ4v) is 3.79. The Morgan fingerprint density at radius 1 is 1.19 bits per heavy atom. The van der Waals surface area contributed by atoms with Crippen LogP contribution in [0.4, 0.5) is 5.69 Å². The number of hydrogen-bond donors (Lipinski definition) is 1. The zero-order valence-corrected chi connectivity index (χ0v) is 16.0. The summed E-state index contributed by atoms with van der Waals surface area (Å²) in [5, 5.41) is 3.41. The second kappa shape index (κ2) is 7.26. The van der Waals surface area contributed by atoms with Crippen molar-refractivity contribution in [3.63, 3.8) is 0 Å². The van der Waals surface area contributed by atoms with Gasteiger partial charge in [0.05, 0.1) is 10.8 Å². The van der Waals surface area contributed by atoms with Gasteiger partial charge in [-0.05, 0) is 54.4 Å². The molecule has 1 atom stereocenters. The number of sulfonamides is 1. The van der Waals surface area contributed by atoms with Gasteiger partial charge in [0.1, 0.15) is 12.4 Å². The molecule has 2 aromatic rings. The van der Waals surface area contributed by atoms with Crippen LogP contribution in [-0.4, -0.2) is 39.3 Å². The zero-order chi connectivity index (χ0) is 18.9. The van der Waals surface area contributed by atoms with E-state index in [1.165, 1.54) is 26.2 Å². The fraction of sp³-hybridized carbons (Fsp3) is 0.278. The van der Waals surface area contributed by atoms with Gasteiger partial charge in [-0.25, -0.2) is 12.7 Å². The van der Waals surface area contributed by atoms with Gasteiger partial charge >= 0.3 is 0 Å². The number of nitrogens with one attached hydrogen (secondary N) is 1. The van der Waals surface area contributed by atoms with Gasteiger partial charge in [0, 0.05) is 24.8 Å². The third kappa shape index (κ3) is 3.85. The van der Waals surface area contributed by atoms with Crippen molar-refractivity contribution in [1.29, 1.82) is 0 Å². The molecular weight excluding hydrogens is 376 g/mol. The predicted molar refractivity (Wildman–Crippen MR) is 100 cm³/mol. The van der Waals surface area contributed by atoms with E-state index in [0.717, 1.165) is 15.6 Å². The normalized spacial score (nSPS) is 16.7. The van der Waals surface area contributed by atoms with Gasteiger partial charge in [-0.2, -0.15) is 0 Å². The zero-order valence-electron chi connectivity index (χ0n) is 14.4. The summed E-state index contributed by atoms with van der Waals surface area (Å²) in [6.45, 7) is 0.285. The molecular formula is C18H19ClN2O4S. The number of amides is 1. The maximum Gasteiger partial charge on any atom is 0.242 e. The Bertz CT molecular complexity index is 927. The van der Waals surface area contributed by atoms with E-state index in [-0.39, 0.29) is 23.3 Å². The minimum atomic E-state index is -3.49. The molecule has 1 amide bonds. The largest absolute Gasteiger partial charge is 0.492 e. The lowest BCUT2D eigenvalue weighted by atomic mass is 9.96. The van der Waals surface area contributed by atoms with Gasteiger partial charge in [0.15, 0.2) is 0 Å². The molecule has 8 heteroatoms. The average Bonchev–Trinajstić information content (AvgIpc) is 2.61. The molecule has 1 aliphatic rings. The van der Waals surface area contributed by atoms with Gasteiger partial charge < -0.3 is 10.1 Å². The van der Waals surface area contributed by atoms with Crippen LogP contribution in [0.3, 0.4) is 0 Å². The van der Waals surface area contributed by atoms with Crippen LogP contribution >= 0.6 is 11.6 Å². The van der Waals surface area contributed by atoms with Crippen molar-refractivity contribution in [1.82, 2.24) is 4.31 Å². The van der Waals surface area contributed by atoms with Crippen molar-refractivity contribution in [3.8, 4) is 5.75 Å². The van der Waals surface area contributed by atoms with Crippen LogP contribution in [0.15, 0.2) is 47.4 Å². The van der Waals surface area contributed by atoms with Gasteiger partial charge in [-0.15, -0.1) is 0 Å². The Kier molecular flexibility index (Phi) is 5.22. The molecule has 1 heterocycles. The predicted octanol–water partition coefficient (Wildman–Crippen LogP) is 2.78. The molecule has 2 aromatic carbocycles. The molecule has 0 spiro atoms. The molecule has 0 bridgehead atoms. The topological polar surface area (TPSA) is 75.7 Å². The van der Waals surface area contributed by atoms with Crippen molar-refractivity contribution < 1.29 is 17.9 Å². The molecule has 1 N–H and O–H groups in total. The minimum absolute atomic E-state index is 0.171. The number of carbonyl (C=O) groups excluding carboxylic acids is 1. The summed E-state index contributed by atoms with van der Waals surface area (Å²) in [5.74, 6) is 0.224. The second-order valence-corrected chi connectivity index (χ2v) is 8.85. The Morgan fingerprint density at radius 3 is 2.54 bits per heavy atom. The van der Waals surface area contributed by atoms with E-state index in [2.05, 4.69) is 5.32 Å². The molecule has 0 fully saturated rings. The molecule has 1 aliphatic heterocycles. The van der Waals surface area contributed by atoms with Crippen LogP contribution in [0.2, 0.25) is 5.02 Å². The first kappa shape index (κ1) is 18.7. The molecule has 0 aliphatic carbocycles. The number of halogens is 1. The highest BCUT2D eigenvalue weighted by molar-refractivity contribution is 7.89. The number of fused-ring (bicyclic) bond motifs is 1. The Balaban J connectivity index is 1.69. The average molecular weight is 395 g/mol. The van der Waals surface area contributed by atoms with Crippen molar-refractivity contribution in [3.05, 3.63) is 53.1 Å². The molecule has 3 rings (SSSR count). The molecule has 26 heavy (non-hydrogen) atoms. The second-order valence-electron chi connectivity index (χ2n) is 6.27. The first-order chi connectivity index (χ1) is 12.3. The van der Waals surface area contributed by atoms with E-state index in [1.807, 2.05) is 0 Å². The van der Waals surface area contributed by atoms with Crippen LogP contribution in [0.5, 0.6) is 5.75 Å². The number of ether oxygens (including phenoxy) is 1. The summed E-state index contributed by atoms with van der Waals surface area (Å²) in [5.41, 5.74) is 1.43. The lowest BCUT2D eigenvalue weighted by molar-refractivity contribution is -0.121. The fourth-order valence-electron chi connectivity index (χ4n) is 2.70. The highest BCUT2D eigenvalue weighted by Crippen LogP contribution is 2.30. The van der Waals surface area contributed by atoms with Gasteiger partial charge in [0.25, 0.3) is 0 Å². The third-order valence-corrected chi connectivity index (χ3v) is 6.26. The first-order valence-electron chi connectivity index (χ1n) is 8.02.